The van der Waals surface area contributed by atoms with Crippen LogP contribution in [0, 0.1) is 6.92 Å². The van der Waals surface area contributed by atoms with Crippen LogP contribution in [-0.4, -0.2) is 18.6 Å². The Labute approximate surface area is 97.1 Å². The molecule has 0 saturated carbocycles. The van der Waals surface area contributed by atoms with Gasteiger partial charge in [-0.1, -0.05) is 29.9 Å². The third kappa shape index (κ3) is 4.30. The van der Waals surface area contributed by atoms with Crippen LogP contribution in [0.3, 0.4) is 0 Å². The Morgan fingerprint density at radius 1 is 1.33 bits per heavy atom. The number of nitrogens with zero attached hydrogens (tertiary/aromatic N) is 1. The number of thiocarbonyl (C=S) groups is 1. The Bertz CT molecular complexity index is 319. The number of benzene rings is 1. The minimum atomic E-state index is 0.604. The van der Waals surface area contributed by atoms with E-state index in [1.807, 2.05) is 0 Å². The molecule has 0 aliphatic heterocycles. The fraction of sp³-hybridized carbons (Fsp3) is 0.417. The number of hydrogen-bond acceptors (Lipinski definition) is 2. The quantitative estimate of drug-likeness (QED) is 0.776. The number of hydrogen-bond donors (Lipinski definition) is 1. The van der Waals surface area contributed by atoms with Gasteiger partial charge in [-0.2, -0.15) is 0 Å². The van der Waals surface area contributed by atoms with Crippen LogP contribution >= 0.6 is 12.2 Å². The zero-order chi connectivity index (χ0) is 11.3. The van der Waals surface area contributed by atoms with Crippen molar-refractivity contribution >= 4 is 22.9 Å². The van der Waals surface area contributed by atoms with Crippen molar-refractivity contribution in [1.29, 1.82) is 0 Å². The lowest BCUT2D eigenvalue weighted by molar-refractivity contribution is 0.818. The summed E-state index contributed by atoms with van der Waals surface area (Å²) in [5.74, 6) is 0. The van der Waals surface area contributed by atoms with Crippen LogP contribution in [0.1, 0.15) is 18.4 Å². The number of anilines is 1. The van der Waals surface area contributed by atoms with Gasteiger partial charge < -0.3 is 10.6 Å². The highest BCUT2D eigenvalue weighted by molar-refractivity contribution is 7.80. The number of aryl methyl sites for hydroxylation is 1. The highest BCUT2D eigenvalue weighted by atomic mass is 32.1. The van der Waals surface area contributed by atoms with Crippen molar-refractivity contribution in [2.75, 3.05) is 18.5 Å². The van der Waals surface area contributed by atoms with Crippen molar-refractivity contribution in [3.05, 3.63) is 29.8 Å². The molecule has 82 valence electrons. The molecule has 3 heteroatoms. The van der Waals surface area contributed by atoms with Gasteiger partial charge in [-0.25, -0.2) is 0 Å². The Morgan fingerprint density at radius 2 is 1.93 bits per heavy atom. The maximum absolute atomic E-state index is 5.45. The van der Waals surface area contributed by atoms with Crippen LogP contribution in [0.4, 0.5) is 5.69 Å². The van der Waals surface area contributed by atoms with E-state index in [2.05, 4.69) is 43.1 Å². The molecule has 0 atom stereocenters. The zero-order valence-corrected chi connectivity index (χ0v) is 10.2. The Balaban J connectivity index is 2.43. The predicted molar refractivity (Wildman–Crippen MR) is 70.5 cm³/mol. The maximum atomic E-state index is 5.45. The van der Waals surface area contributed by atoms with E-state index >= 15 is 0 Å². The lowest BCUT2D eigenvalue weighted by Crippen LogP contribution is -2.20. The first-order chi connectivity index (χ1) is 7.09. The Kier molecular flexibility index (Phi) is 4.56. The fourth-order valence-electron chi connectivity index (χ4n) is 1.42. The van der Waals surface area contributed by atoms with Crippen LogP contribution in [0.2, 0.25) is 0 Å². The first-order valence-electron chi connectivity index (χ1n) is 5.15. The third-order valence-electron chi connectivity index (χ3n) is 2.39. The van der Waals surface area contributed by atoms with E-state index < -0.39 is 0 Å². The molecule has 2 N–H and O–H groups in total. The largest absolute Gasteiger partial charge is 0.393 e. The van der Waals surface area contributed by atoms with Gasteiger partial charge >= 0.3 is 0 Å². The second kappa shape index (κ2) is 5.71. The van der Waals surface area contributed by atoms with E-state index in [-0.39, 0.29) is 0 Å². The lowest BCUT2D eigenvalue weighted by atomic mass is 10.2. The molecule has 0 aliphatic carbocycles. The highest BCUT2D eigenvalue weighted by Crippen LogP contribution is 2.13. The van der Waals surface area contributed by atoms with Crippen molar-refractivity contribution in [3.8, 4) is 0 Å². The molecular weight excluding hydrogens is 204 g/mol. The summed E-state index contributed by atoms with van der Waals surface area (Å²) in [6.45, 7) is 3.08. The first-order valence-corrected chi connectivity index (χ1v) is 5.56. The van der Waals surface area contributed by atoms with E-state index in [1.165, 1.54) is 11.3 Å². The van der Waals surface area contributed by atoms with Crippen molar-refractivity contribution in [1.82, 2.24) is 0 Å². The monoisotopic (exact) mass is 222 g/mol. The van der Waals surface area contributed by atoms with Crippen LogP contribution < -0.4 is 10.6 Å². The lowest BCUT2D eigenvalue weighted by Gasteiger charge is -2.19. The molecule has 0 radical (unpaired) electrons. The molecule has 0 unspecified atom stereocenters. The molecule has 1 rings (SSSR count). The van der Waals surface area contributed by atoms with Gasteiger partial charge in [-0.3, -0.25) is 0 Å². The molecule has 0 aliphatic rings. The smallest absolute Gasteiger partial charge is 0.0728 e. The van der Waals surface area contributed by atoms with Crippen molar-refractivity contribution < 1.29 is 0 Å². The van der Waals surface area contributed by atoms with Gasteiger partial charge in [-0.05, 0) is 31.9 Å². The first kappa shape index (κ1) is 12.0. The van der Waals surface area contributed by atoms with Gasteiger partial charge in [0.05, 0.1) is 4.99 Å². The number of rotatable bonds is 5. The van der Waals surface area contributed by atoms with E-state index in [1.54, 1.807) is 0 Å². The van der Waals surface area contributed by atoms with E-state index in [0.29, 0.717) is 4.99 Å². The Hall–Kier alpha value is -1.09. The minimum Gasteiger partial charge on any atom is -0.393 e. The highest BCUT2D eigenvalue weighted by Gasteiger charge is 2.00. The Morgan fingerprint density at radius 3 is 2.47 bits per heavy atom. The molecule has 0 amide bonds. The van der Waals surface area contributed by atoms with Crippen molar-refractivity contribution in [2.24, 2.45) is 5.73 Å². The summed E-state index contributed by atoms with van der Waals surface area (Å²) in [6, 6.07) is 8.52. The van der Waals surface area contributed by atoms with Crippen molar-refractivity contribution in [2.45, 2.75) is 19.8 Å². The predicted octanol–water partition coefficient (Wildman–Crippen LogP) is 2.50. The molecule has 0 spiro atoms. The van der Waals surface area contributed by atoms with Crippen LogP contribution in [0.5, 0.6) is 0 Å². The molecule has 2 nitrogen and oxygen atoms in total. The normalized spacial score (nSPS) is 10.0. The molecule has 0 bridgehead atoms. The van der Waals surface area contributed by atoms with Gasteiger partial charge in [0.1, 0.15) is 0 Å². The summed E-state index contributed by atoms with van der Waals surface area (Å²) >= 11 is 4.84. The van der Waals surface area contributed by atoms with Gasteiger partial charge in [0.25, 0.3) is 0 Å². The standard InChI is InChI=1S/C12H18N2S/c1-10-5-7-11(8-6-10)14(2)9-3-4-12(13)15/h5-8H,3-4,9H2,1-2H3,(H2,13,15). The maximum Gasteiger partial charge on any atom is 0.0728 e. The summed E-state index contributed by atoms with van der Waals surface area (Å²) in [7, 11) is 2.09. The molecule has 0 heterocycles. The summed E-state index contributed by atoms with van der Waals surface area (Å²) in [4.78, 5) is 2.82. The van der Waals surface area contributed by atoms with Gasteiger partial charge in [0, 0.05) is 19.3 Å². The zero-order valence-electron chi connectivity index (χ0n) is 9.36. The van der Waals surface area contributed by atoms with Gasteiger partial charge in [0.15, 0.2) is 0 Å². The third-order valence-corrected chi connectivity index (χ3v) is 2.60. The number of nitrogens with two attached hydrogens (primary N) is 1. The summed E-state index contributed by atoms with van der Waals surface area (Å²) in [5.41, 5.74) is 7.98. The summed E-state index contributed by atoms with van der Waals surface area (Å²) in [5, 5.41) is 0. The summed E-state index contributed by atoms with van der Waals surface area (Å²) in [6.07, 6.45) is 1.84. The van der Waals surface area contributed by atoms with E-state index in [0.717, 1.165) is 19.4 Å². The molecule has 15 heavy (non-hydrogen) atoms. The topological polar surface area (TPSA) is 29.3 Å². The van der Waals surface area contributed by atoms with E-state index in [9.17, 15) is 0 Å². The molecule has 1 aromatic rings. The molecule has 0 saturated heterocycles. The van der Waals surface area contributed by atoms with Crippen LogP contribution in [0.25, 0.3) is 0 Å². The molecule has 0 aromatic heterocycles. The van der Waals surface area contributed by atoms with E-state index in [4.69, 9.17) is 18.0 Å². The van der Waals surface area contributed by atoms with Crippen molar-refractivity contribution in [3.63, 3.8) is 0 Å². The minimum absolute atomic E-state index is 0.604. The second-order valence-electron chi connectivity index (χ2n) is 3.83. The van der Waals surface area contributed by atoms with Crippen LogP contribution in [-0.2, 0) is 0 Å². The second-order valence-corrected chi connectivity index (χ2v) is 4.35. The summed E-state index contributed by atoms with van der Waals surface area (Å²) < 4.78 is 0. The van der Waals surface area contributed by atoms with Crippen LogP contribution in [0.15, 0.2) is 24.3 Å². The molecule has 0 fully saturated rings. The average molecular weight is 222 g/mol. The molecule has 1 aromatic carbocycles. The fourth-order valence-corrected chi connectivity index (χ4v) is 1.56. The van der Waals surface area contributed by atoms with Gasteiger partial charge in [0.2, 0.25) is 0 Å². The molecular formula is C12H18N2S. The SMILES string of the molecule is Cc1ccc(N(C)CCCC(N)=S)cc1. The van der Waals surface area contributed by atoms with Gasteiger partial charge in [-0.15, -0.1) is 0 Å². The average Bonchev–Trinajstić information content (AvgIpc) is 2.18.